The molecule has 0 radical (unpaired) electrons. The van der Waals surface area contributed by atoms with Crippen LogP contribution in [-0.4, -0.2) is 6.71 Å². The molecule has 4 heterocycles. The van der Waals surface area contributed by atoms with Crippen LogP contribution in [0.4, 0.5) is 34.3 Å². The molecule has 9 aromatic rings. The Bertz CT molecular complexity index is 3420. The van der Waals surface area contributed by atoms with Gasteiger partial charge >= 0.3 is 0 Å². The number of hydrogen-bond donors (Lipinski definition) is 0. The van der Waals surface area contributed by atoms with Crippen molar-refractivity contribution in [1.29, 1.82) is 0 Å². The molecule has 7 aromatic carbocycles. The molecule has 0 fully saturated rings. The van der Waals surface area contributed by atoms with Crippen LogP contribution in [0.5, 0.6) is 0 Å². The van der Waals surface area contributed by atoms with Crippen molar-refractivity contribution in [1.82, 2.24) is 0 Å². The average Bonchev–Trinajstić information content (AvgIpc) is 3.90. The molecule has 4 nitrogen and oxygen atoms in total. The number of anilines is 6. The third-order valence-electron chi connectivity index (χ3n) is 14.7. The molecule has 0 atom stereocenters. The number of fused-ring (bicyclic) bond motifs is 7. The number of furan rings is 2. The molecular weight excluding hydrogens is 828 g/mol. The first kappa shape index (κ1) is 43.8. The summed E-state index contributed by atoms with van der Waals surface area (Å²) in [6.45, 7) is 29.8. The Balaban J connectivity index is 1.29. The van der Waals surface area contributed by atoms with Crippen LogP contribution in [-0.2, 0) is 16.2 Å². The van der Waals surface area contributed by atoms with Gasteiger partial charge in [-0.05, 0) is 140 Å². The van der Waals surface area contributed by atoms with Crippen molar-refractivity contribution < 1.29 is 8.83 Å². The van der Waals surface area contributed by atoms with Crippen LogP contribution in [0.15, 0.2) is 148 Å². The van der Waals surface area contributed by atoms with Crippen molar-refractivity contribution in [2.45, 2.75) is 112 Å². The normalized spacial score (nSPS) is 13.7. The summed E-state index contributed by atoms with van der Waals surface area (Å²) in [5.74, 6) is 1.99. The fourth-order valence-electron chi connectivity index (χ4n) is 10.9. The van der Waals surface area contributed by atoms with Crippen LogP contribution in [0, 0.1) is 13.8 Å². The fraction of sp³-hybridized carbons (Fsp3) is 0.270. The molecule has 0 N–H and O–H groups in total. The number of nitrogens with zero attached hydrogens (tertiary/aromatic N) is 2. The smallest absolute Gasteiger partial charge is 0.257 e. The van der Waals surface area contributed by atoms with Crippen molar-refractivity contribution in [3.05, 3.63) is 173 Å². The lowest BCUT2D eigenvalue weighted by Crippen LogP contribution is -2.61. The zero-order valence-corrected chi connectivity index (χ0v) is 42.1. The van der Waals surface area contributed by atoms with E-state index < -0.39 is 0 Å². The highest BCUT2D eigenvalue weighted by Gasteiger charge is 2.47. The summed E-state index contributed by atoms with van der Waals surface area (Å²) in [5, 5.41) is 2.25. The fourth-order valence-corrected chi connectivity index (χ4v) is 10.9. The molecule has 340 valence electrons. The van der Waals surface area contributed by atoms with Gasteiger partial charge in [0.2, 0.25) is 5.88 Å². The second-order valence-corrected chi connectivity index (χ2v) is 23.0. The molecule has 2 aliphatic heterocycles. The minimum atomic E-state index is -0.136. The SMILES string of the molecule is Cc1cc(C(C)(C)C)cc(C)c1N1c2cc(C(C)C)cc3c2B(c2ccc(-c4cc5ccccc5o4)cc2N3c2ccc(C(C)(C)C)cc2-c2ccccc2)c2c1oc1ccc(C(C)(C)C)cc21. The Morgan fingerprint density at radius 2 is 1.12 bits per heavy atom. The summed E-state index contributed by atoms with van der Waals surface area (Å²) >= 11 is 0. The van der Waals surface area contributed by atoms with E-state index in [1.807, 2.05) is 6.07 Å². The van der Waals surface area contributed by atoms with Crippen LogP contribution in [0.25, 0.3) is 44.4 Å². The minimum absolute atomic E-state index is 0.00389. The van der Waals surface area contributed by atoms with Crippen molar-refractivity contribution in [2.24, 2.45) is 0 Å². The molecule has 11 rings (SSSR count). The van der Waals surface area contributed by atoms with Crippen molar-refractivity contribution in [3.8, 4) is 22.5 Å². The molecule has 2 aliphatic rings. The second-order valence-electron chi connectivity index (χ2n) is 23.0. The van der Waals surface area contributed by atoms with Gasteiger partial charge in [-0.2, -0.15) is 0 Å². The van der Waals surface area contributed by atoms with Crippen molar-refractivity contribution in [2.75, 3.05) is 9.80 Å². The maximum atomic E-state index is 7.36. The Morgan fingerprint density at radius 1 is 0.485 bits per heavy atom. The van der Waals surface area contributed by atoms with Gasteiger partial charge in [-0.1, -0.05) is 161 Å². The van der Waals surface area contributed by atoms with Gasteiger partial charge in [-0.25, -0.2) is 0 Å². The van der Waals surface area contributed by atoms with Gasteiger partial charge in [0.15, 0.2) is 0 Å². The lowest BCUT2D eigenvalue weighted by atomic mass is 9.33. The highest BCUT2D eigenvalue weighted by Crippen LogP contribution is 2.51. The summed E-state index contributed by atoms with van der Waals surface area (Å²) in [6.07, 6.45) is 0. The first-order valence-electron chi connectivity index (χ1n) is 24.6. The quantitative estimate of drug-likeness (QED) is 0.161. The lowest BCUT2D eigenvalue weighted by molar-refractivity contribution is 0.588. The van der Waals surface area contributed by atoms with E-state index in [1.54, 1.807) is 0 Å². The third kappa shape index (κ3) is 7.03. The Kier molecular flexibility index (Phi) is 9.93. The van der Waals surface area contributed by atoms with Gasteiger partial charge in [0.1, 0.15) is 16.9 Å². The molecule has 0 amide bonds. The van der Waals surface area contributed by atoms with E-state index in [9.17, 15) is 0 Å². The monoisotopic (exact) mass is 890 g/mol. The van der Waals surface area contributed by atoms with E-state index >= 15 is 0 Å². The number of rotatable bonds is 5. The van der Waals surface area contributed by atoms with Crippen LogP contribution in [0.3, 0.4) is 0 Å². The van der Waals surface area contributed by atoms with Gasteiger partial charge in [0.25, 0.3) is 6.71 Å². The zero-order valence-electron chi connectivity index (χ0n) is 42.1. The molecule has 0 aliphatic carbocycles. The number of para-hydroxylation sites is 1. The summed E-state index contributed by atoms with van der Waals surface area (Å²) < 4.78 is 14.0. The first-order valence-corrected chi connectivity index (χ1v) is 24.6. The van der Waals surface area contributed by atoms with E-state index in [1.165, 1.54) is 72.3 Å². The predicted molar refractivity (Wildman–Crippen MR) is 291 cm³/mol. The van der Waals surface area contributed by atoms with E-state index in [2.05, 4.69) is 233 Å². The lowest BCUT2D eigenvalue weighted by Gasteiger charge is -2.44. The molecular formula is C63H63BN2O2. The van der Waals surface area contributed by atoms with Crippen LogP contribution in [0.1, 0.15) is 115 Å². The molecule has 0 saturated heterocycles. The molecule has 0 unspecified atom stereocenters. The standard InChI is InChI=1S/C63H63BN2O2/c1-37(2)43-32-52-58-53(33-43)66(59-38(3)29-46(30-39(59)4)63(11,12)13)60-57(48-36-45(62(8,9)10)25-28-55(48)68-60)64(58)49-26-23-42(56-34-41-21-17-18-22-54(41)67-56)31-51(49)65(52)50-27-24-44(61(5,6)7)35-47(50)40-19-15-14-16-20-40/h14-37H,1-13H3. The second kappa shape index (κ2) is 15.4. The Labute approximate surface area is 403 Å². The summed E-state index contributed by atoms with van der Waals surface area (Å²) in [6, 6.07) is 52.3. The van der Waals surface area contributed by atoms with Crippen molar-refractivity contribution >= 4 is 79.4 Å². The van der Waals surface area contributed by atoms with Crippen LogP contribution < -0.4 is 26.2 Å². The molecule has 68 heavy (non-hydrogen) atoms. The van der Waals surface area contributed by atoms with Crippen LogP contribution in [0.2, 0.25) is 0 Å². The molecule has 0 saturated carbocycles. The molecule has 2 aromatic heterocycles. The van der Waals surface area contributed by atoms with Crippen LogP contribution >= 0.6 is 0 Å². The topological polar surface area (TPSA) is 32.8 Å². The predicted octanol–water partition coefficient (Wildman–Crippen LogP) is 16.2. The van der Waals surface area contributed by atoms with Gasteiger partial charge in [0, 0.05) is 44.4 Å². The first-order chi connectivity index (χ1) is 32.3. The van der Waals surface area contributed by atoms with Gasteiger partial charge in [0.05, 0.1) is 11.4 Å². The molecule has 0 bridgehead atoms. The summed E-state index contributed by atoms with van der Waals surface area (Å²) in [5.41, 5.74) is 22.2. The zero-order chi connectivity index (χ0) is 47.8. The molecule has 5 heteroatoms. The van der Waals surface area contributed by atoms with Crippen molar-refractivity contribution in [3.63, 3.8) is 0 Å². The Morgan fingerprint density at radius 3 is 1.78 bits per heavy atom. The summed E-state index contributed by atoms with van der Waals surface area (Å²) in [7, 11) is 0. The number of benzene rings is 7. The van der Waals surface area contributed by atoms with Gasteiger partial charge < -0.3 is 13.7 Å². The van der Waals surface area contributed by atoms with E-state index in [0.29, 0.717) is 0 Å². The van der Waals surface area contributed by atoms with E-state index in [0.717, 1.165) is 56.2 Å². The molecule has 0 spiro atoms. The van der Waals surface area contributed by atoms with E-state index in [-0.39, 0.29) is 28.9 Å². The average molecular weight is 891 g/mol. The van der Waals surface area contributed by atoms with Gasteiger partial charge in [-0.3, -0.25) is 4.90 Å². The third-order valence-corrected chi connectivity index (χ3v) is 14.7. The Hall–Kier alpha value is -6.72. The van der Waals surface area contributed by atoms with E-state index in [4.69, 9.17) is 8.83 Å². The number of aryl methyl sites for hydroxylation is 2. The summed E-state index contributed by atoms with van der Waals surface area (Å²) in [4.78, 5) is 5.09. The maximum absolute atomic E-state index is 7.36. The largest absolute Gasteiger partial charge is 0.456 e. The van der Waals surface area contributed by atoms with Gasteiger partial charge in [-0.15, -0.1) is 0 Å². The highest BCUT2D eigenvalue weighted by molar-refractivity contribution is 7.01. The maximum Gasteiger partial charge on any atom is 0.257 e. The minimum Gasteiger partial charge on any atom is -0.456 e. The number of hydrogen-bond acceptors (Lipinski definition) is 4. The highest BCUT2D eigenvalue weighted by atomic mass is 16.4.